The molecule has 0 unspecified atom stereocenters. The van der Waals surface area contributed by atoms with Crippen molar-refractivity contribution in [3.63, 3.8) is 0 Å². The normalized spacial score (nSPS) is 16.0. The van der Waals surface area contributed by atoms with Crippen LogP contribution in [0.25, 0.3) is 22.1 Å². The molecule has 5 rings (SSSR count). The SMILES string of the molecule is Cn1cnc2c(N3CCC(c4noc5cc(F)ccc45)CC3)ncnc21. The topological polar surface area (TPSA) is 72.9 Å². The van der Waals surface area contributed by atoms with Gasteiger partial charge in [-0.25, -0.2) is 19.3 Å². The van der Waals surface area contributed by atoms with E-state index in [0.29, 0.717) is 11.5 Å². The molecule has 4 heterocycles. The monoisotopic (exact) mass is 352 g/mol. The molecule has 0 radical (unpaired) electrons. The molecule has 0 spiro atoms. The van der Waals surface area contributed by atoms with E-state index < -0.39 is 0 Å². The van der Waals surface area contributed by atoms with Gasteiger partial charge in [-0.1, -0.05) is 5.16 Å². The molecule has 0 bridgehead atoms. The molecule has 3 aromatic heterocycles. The molecule has 1 aliphatic heterocycles. The summed E-state index contributed by atoms with van der Waals surface area (Å²) < 4.78 is 20.6. The maximum atomic E-state index is 13.3. The second kappa shape index (κ2) is 5.76. The van der Waals surface area contributed by atoms with Crippen LogP contribution in [0.3, 0.4) is 0 Å². The molecule has 8 heteroatoms. The van der Waals surface area contributed by atoms with Gasteiger partial charge in [0, 0.05) is 37.5 Å². The summed E-state index contributed by atoms with van der Waals surface area (Å²) in [7, 11) is 1.93. The summed E-state index contributed by atoms with van der Waals surface area (Å²) in [5, 5.41) is 5.11. The van der Waals surface area contributed by atoms with Crippen LogP contribution < -0.4 is 4.90 Å². The van der Waals surface area contributed by atoms with Crippen LogP contribution in [0.5, 0.6) is 0 Å². The summed E-state index contributed by atoms with van der Waals surface area (Å²) in [4.78, 5) is 15.4. The van der Waals surface area contributed by atoms with E-state index in [1.54, 1.807) is 18.7 Å². The van der Waals surface area contributed by atoms with Gasteiger partial charge >= 0.3 is 0 Å². The van der Waals surface area contributed by atoms with Crippen molar-refractivity contribution in [2.75, 3.05) is 18.0 Å². The number of hydrogen-bond donors (Lipinski definition) is 0. The quantitative estimate of drug-likeness (QED) is 0.552. The molecule has 0 aliphatic carbocycles. The summed E-state index contributed by atoms with van der Waals surface area (Å²) in [6, 6.07) is 4.60. The zero-order valence-corrected chi connectivity index (χ0v) is 14.3. The Kier molecular flexibility index (Phi) is 3.37. The van der Waals surface area contributed by atoms with E-state index in [0.717, 1.165) is 54.0 Å². The van der Waals surface area contributed by atoms with Gasteiger partial charge in [-0.3, -0.25) is 0 Å². The number of nitrogens with zero attached hydrogens (tertiary/aromatic N) is 6. The fourth-order valence-corrected chi connectivity index (χ4v) is 3.75. The number of imidazole rings is 1. The Hall–Kier alpha value is -3.03. The molecule has 0 atom stereocenters. The minimum absolute atomic E-state index is 0.291. The fraction of sp³-hybridized carbons (Fsp3) is 0.333. The predicted molar refractivity (Wildman–Crippen MR) is 94.5 cm³/mol. The first-order valence-corrected chi connectivity index (χ1v) is 8.62. The lowest BCUT2D eigenvalue weighted by Crippen LogP contribution is -2.33. The van der Waals surface area contributed by atoms with E-state index in [9.17, 15) is 4.39 Å². The van der Waals surface area contributed by atoms with Gasteiger partial charge in [0.05, 0.1) is 12.0 Å². The number of benzene rings is 1. The molecule has 0 amide bonds. The third-order valence-corrected chi connectivity index (χ3v) is 5.12. The van der Waals surface area contributed by atoms with Gasteiger partial charge in [-0.15, -0.1) is 0 Å². The van der Waals surface area contributed by atoms with E-state index in [2.05, 4.69) is 25.0 Å². The summed E-state index contributed by atoms with van der Waals surface area (Å²) >= 11 is 0. The molecule has 1 aliphatic rings. The van der Waals surface area contributed by atoms with Crippen LogP contribution in [0.2, 0.25) is 0 Å². The molecular weight excluding hydrogens is 335 g/mol. The Bertz CT molecular complexity index is 1100. The van der Waals surface area contributed by atoms with Gasteiger partial charge < -0.3 is 14.0 Å². The van der Waals surface area contributed by atoms with E-state index in [4.69, 9.17) is 4.52 Å². The highest BCUT2D eigenvalue weighted by atomic mass is 19.1. The van der Waals surface area contributed by atoms with Crippen LogP contribution in [0.1, 0.15) is 24.5 Å². The molecule has 0 saturated carbocycles. The smallest absolute Gasteiger partial charge is 0.170 e. The van der Waals surface area contributed by atoms with Crippen LogP contribution in [-0.2, 0) is 7.05 Å². The minimum atomic E-state index is -0.307. The zero-order chi connectivity index (χ0) is 17.7. The number of aromatic nitrogens is 5. The first-order chi connectivity index (χ1) is 12.7. The second-order valence-electron chi connectivity index (χ2n) is 6.69. The second-order valence-corrected chi connectivity index (χ2v) is 6.69. The van der Waals surface area contributed by atoms with Crippen LogP contribution >= 0.6 is 0 Å². The summed E-state index contributed by atoms with van der Waals surface area (Å²) in [5.74, 6) is 0.860. The highest BCUT2D eigenvalue weighted by molar-refractivity contribution is 5.83. The molecule has 26 heavy (non-hydrogen) atoms. The molecular formula is C18H17FN6O. The largest absolute Gasteiger partial charge is 0.356 e. The lowest BCUT2D eigenvalue weighted by molar-refractivity contribution is 0.416. The Morgan fingerprint density at radius 2 is 2.00 bits per heavy atom. The number of aryl methyl sites for hydroxylation is 1. The third-order valence-electron chi connectivity index (χ3n) is 5.12. The summed E-state index contributed by atoms with van der Waals surface area (Å²) in [5.41, 5.74) is 3.09. The summed E-state index contributed by atoms with van der Waals surface area (Å²) in [6.07, 6.45) is 5.20. The van der Waals surface area contributed by atoms with Crippen LogP contribution in [0.15, 0.2) is 35.4 Å². The molecule has 0 N–H and O–H groups in total. The Morgan fingerprint density at radius 3 is 2.85 bits per heavy atom. The summed E-state index contributed by atoms with van der Waals surface area (Å²) in [6.45, 7) is 1.70. The van der Waals surface area contributed by atoms with Crippen molar-refractivity contribution in [3.8, 4) is 0 Å². The standard InChI is InChI=1S/C18H17FN6O/c1-24-10-22-16-17(24)20-9-21-18(16)25-6-4-11(5-7-25)15-13-3-2-12(19)8-14(13)26-23-15/h2-3,8-11H,4-7H2,1H3. The van der Waals surface area contributed by atoms with Gasteiger partial charge in [0.25, 0.3) is 0 Å². The highest BCUT2D eigenvalue weighted by Gasteiger charge is 2.27. The number of halogens is 1. The number of piperidine rings is 1. The minimum Gasteiger partial charge on any atom is -0.356 e. The molecule has 7 nitrogen and oxygen atoms in total. The number of anilines is 1. The Labute approximate surface area is 148 Å². The van der Waals surface area contributed by atoms with E-state index in [1.807, 2.05) is 11.6 Å². The van der Waals surface area contributed by atoms with Crippen molar-refractivity contribution >= 4 is 28.0 Å². The fourth-order valence-electron chi connectivity index (χ4n) is 3.75. The number of fused-ring (bicyclic) bond motifs is 2. The van der Waals surface area contributed by atoms with Crippen LogP contribution in [0, 0.1) is 5.82 Å². The van der Waals surface area contributed by atoms with Gasteiger partial charge in [-0.05, 0) is 25.0 Å². The van der Waals surface area contributed by atoms with Gasteiger partial charge in [0.15, 0.2) is 22.6 Å². The first-order valence-electron chi connectivity index (χ1n) is 8.62. The zero-order valence-electron chi connectivity index (χ0n) is 14.3. The average Bonchev–Trinajstić information content (AvgIpc) is 3.25. The maximum absolute atomic E-state index is 13.3. The van der Waals surface area contributed by atoms with Crippen LogP contribution in [-0.4, -0.2) is 37.8 Å². The lowest BCUT2D eigenvalue weighted by Gasteiger charge is -2.32. The van der Waals surface area contributed by atoms with Crippen molar-refractivity contribution in [2.45, 2.75) is 18.8 Å². The molecule has 132 valence electrons. The van der Waals surface area contributed by atoms with Crippen molar-refractivity contribution in [3.05, 3.63) is 42.4 Å². The average molecular weight is 352 g/mol. The molecule has 1 fully saturated rings. The number of rotatable bonds is 2. The first kappa shape index (κ1) is 15.2. The van der Waals surface area contributed by atoms with Crippen molar-refractivity contribution in [1.82, 2.24) is 24.7 Å². The van der Waals surface area contributed by atoms with E-state index in [1.165, 1.54) is 12.1 Å². The molecule has 4 aromatic rings. The van der Waals surface area contributed by atoms with Gasteiger partial charge in [0.2, 0.25) is 0 Å². The maximum Gasteiger partial charge on any atom is 0.170 e. The Morgan fingerprint density at radius 1 is 1.15 bits per heavy atom. The van der Waals surface area contributed by atoms with Crippen molar-refractivity contribution in [1.29, 1.82) is 0 Å². The lowest BCUT2D eigenvalue weighted by atomic mass is 9.91. The third kappa shape index (κ3) is 2.33. The van der Waals surface area contributed by atoms with Crippen molar-refractivity contribution in [2.24, 2.45) is 7.05 Å². The van der Waals surface area contributed by atoms with E-state index >= 15 is 0 Å². The van der Waals surface area contributed by atoms with Crippen LogP contribution in [0.4, 0.5) is 10.2 Å². The van der Waals surface area contributed by atoms with Crippen molar-refractivity contribution < 1.29 is 8.91 Å². The van der Waals surface area contributed by atoms with Gasteiger partial charge in [0.1, 0.15) is 12.1 Å². The molecule has 1 aromatic carbocycles. The molecule has 1 saturated heterocycles. The van der Waals surface area contributed by atoms with E-state index in [-0.39, 0.29) is 5.82 Å². The Balaban J connectivity index is 1.40. The number of hydrogen-bond acceptors (Lipinski definition) is 6. The predicted octanol–water partition coefficient (Wildman–Crippen LogP) is 3.03. The van der Waals surface area contributed by atoms with Gasteiger partial charge in [-0.2, -0.15) is 0 Å². The highest BCUT2D eigenvalue weighted by Crippen LogP contribution is 2.34.